The topological polar surface area (TPSA) is 43.8 Å². The van der Waals surface area contributed by atoms with Gasteiger partial charge in [0.1, 0.15) is 5.82 Å². The van der Waals surface area contributed by atoms with Crippen LogP contribution in [0.15, 0.2) is 12.4 Å². The van der Waals surface area contributed by atoms with Gasteiger partial charge in [0.2, 0.25) is 0 Å². The summed E-state index contributed by atoms with van der Waals surface area (Å²) in [7, 11) is 0. The predicted molar refractivity (Wildman–Crippen MR) is 63.7 cm³/mol. The second kappa shape index (κ2) is 5.91. The van der Waals surface area contributed by atoms with Crippen molar-refractivity contribution >= 4 is 0 Å². The summed E-state index contributed by atoms with van der Waals surface area (Å²) in [6, 6.07) is 0.234. The number of aromatic nitrogens is 2. The Kier molecular flexibility index (Phi) is 4.82. The second-order valence-electron chi connectivity index (χ2n) is 4.26. The predicted octanol–water partition coefficient (Wildman–Crippen LogP) is 2.21. The first-order chi connectivity index (χ1) is 7.19. The van der Waals surface area contributed by atoms with Gasteiger partial charge in [-0.2, -0.15) is 0 Å². The van der Waals surface area contributed by atoms with Crippen LogP contribution in [0.25, 0.3) is 0 Å². The van der Waals surface area contributed by atoms with Gasteiger partial charge in [0, 0.05) is 31.4 Å². The van der Waals surface area contributed by atoms with Gasteiger partial charge >= 0.3 is 0 Å². The fraction of sp³-hybridized carbons (Fsp3) is 0.750. The summed E-state index contributed by atoms with van der Waals surface area (Å²) in [5.74, 6) is 1.70. The van der Waals surface area contributed by atoms with Gasteiger partial charge in [0.15, 0.2) is 0 Å². The van der Waals surface area contributed by atoms with Crippen LogP contribution in [0, 0.1) is 5.92 Å². The molecule has 0 aliphatic heterocycles. The lowest BCUT2D eigenvalue weighted by Gasteiger charge is -2.19. The van der Waals surface area contributed by atoms with Crippen molar-refractivity contribution in [3.63, 3.8) is 0 Å². The quantitative estimate of drug-likeness (QED) is 0.780. The third-order valence-corrected chi connectivity index (χ3v) is 3.04. The third-order valence-electron chi connectivity index (χ3n) is 3.04. The fourth-order valence-corrected chi connectivity index (χ4v) is 1.90. The molecule has 0 saturated heterocycles. The van der Waals surface area contributed by atoms with Crippen molar-refractivity contribution in [1.29, 1.82) is 0 Å². The summed E-state index contributed by atoms with van der Waals surface area (Å²) >= 11 is 0. The maximum Gasteiger partial charge on any atom is 0.110 e. The number of hydrogen-bond donors (Lipinski definition) is 1. The lowest BCUT2D eigenvalue weighted by atomic mass is 9.95. The molecule has 0 saturated carbocycles. The van der Waals surface area contributed by atoms with Gasteiger partial charge < -0.3 is 10.3 Å². The van der Waals surface area contributed by atoms with Crippen molar-refractivity contribution < 1.29 is 0 Å². The Labute approximate surface area is 92.7 Å². The van der Waals surface area contributed by atoms with E-state index in [1.807, 2.05) is 12.4 Å². The van der Waals surface area contributed by atoms with E-state index in [-0.39, 0.29) is 6.04 Å². The highest BCUT2D eigenvalue weighted by Gasteiger charge is 2.14. The Morgan fingerprint density at radius 3 is 2.80 bits per heavy atom. The molecule has 3 heteroatoms. The minimum absolute atomic E-state index is 0.234. The molecule has 0 aliphatic carbocycles. The summed E-state index contributed by atoms with van der Waals surface area (Å²) in [6.07, 6.45) is 7.18. The molecular weight excluding hydrogens is 186 g/mol. The summed E-state index contributed by atoms with van der Waals surface area (Å²) < 4.78 is 2.17. The van der Waals surface area contributed by atoms with Gasteiger partial charge in [-0.05, 0) is 19.3 Å². The van der Waals surface area contributed by atoms with Crippen molar-refractivity contribution in [2.45, 2.75) is 52.6 Å². The highest BCUT2D eigenvalue weighted by Crippen LogP contribution is 2.12. The number of aryl methyl sites for hydroxylation is 1. The lowest BCUT2D eigenvalue weighted by Crippen LogP contribution is -2.31. The molecule has 86 valence electrons. The average molecular weight is 209 g/mol. The van der Waals surface area contributed by atoms with Crippen LogP contribution in [0.5, 0.6) is 0 Å². The van der Waals surface area contributed by atoms with E-state index in [0.717, 1.165) is 18.8 Å². The Morgan fingerprint density at radius 1 is 1.47 bits per heavy atom. The summed E-state index contributed by atoms with van der Waals surface area (Å²) in [4.78, 5) is 4.35. The van der Waals surface area contributed by atoms with Crippen molar-refractivity contribution in [3.05, 3.63) is 18.2 Å². The molecule has 0 aliphatic rings. The Hall–Kier alpha value is -0.830. The van der Waals surface area contributed by atoms with Gasteiger partial charge in [-0.15, -0.1) is 0 Å². The smallest absolute Gasteiger partial charge is 0.110 e. The van der Waals surface area contributed by atoms with Crippen LogP contribution < -0.4 is 5.73 Å². The lowest BCUT2D eigenvalue weighted by molar-refractivity contribution is 0.410. The molecule has 1 rings (SSSR count). The highest BCUT2D eigenvalue weighted by molar-refractivity contribution is 4.95. The zero-order chi connectivity index (χ0) is 11.3. The second-order valence-corrected chi connectivity index (χ2v) is 4.26. The van der Waals surface area contributed by atoms with Gasteiger partial charge in [-0.25, -0.2) is 4.98 Å². The van der Waals surface area contributed by atoms with E-state index >= 15 is 0 Å². The van der Waals surface area contributed by atoms with Crippen molar-refractivity contribution in [2.24, 2.45) is 11.7 Å². The van der Waals surface area contributed by atoms with Crippen molar-refractivity contribution in [3.8, 4) is 0 Å². The molecule has 2 atom stereocenters. The third kappa shape index (κ3) is 3.34. The SMILES string of the molecule is CCCC(C)C(N)Cc1nccn1CC. The molecule has 1 aromatic rings. The van der Waals surface area contributed by atoms with Crippen molar-refractivity contribution in [1.82, 2.24) is 9.55 Å². The minimum Gasteiger partial charge on any atom is -0.335 e. The first kappa shape index (κ1) is 12.2. The van der Waals surface area contributed by atoms with Crippen LogP contribution in [-0.2, 0) is 13.0 Å². The number of nitrogens with zero attached hydrogens (tertiary/aromatic N) is 2. The standard InChI is InChI=1S/C12H23N3/c1-4-6-10(3)11(13)9-12-14-7-8-15(12)5-2/h7-8,10-11H,4-6,9,13H2,1-3H3. The maximum atomic E-state index is 6.16. The van der Waals surface area contributed by atoms with Gasteiger partial charge in [-0.3, -0.25) is 0 Å². The summed E-state index contributed by atoms with van der Waals surface area (Å²) in [5.41, 5.74) is 6.16. The normalized spacial score (nSPS) is 15.2. The first-order valence-corrected chi connectivity index (χ1v) is 5.94. The molecule has 0 fully saturated rings. The van der Waals surface area contributed by atoms with E-state index in [4.69, 9.17) is 5.73 Å². The fourth-order valence-electron chi connectivity index (χ4n) is 1.90. The van der Waals surface area contributed by atoms with E-state index in [1.165, 1.54) is 12.8 Å². The van der Waals surface area contributed by atoms with Crippen LogP contribution in [-0.4, -0.2) is 15.6 Å². The number of imidazole rings is 1. The zero-order valence-corrected chi connectivity index (χ0v) is 10.1. The van der Waals surface area contributed by atoms with E-state index in [9.17, 15) is 0 Å². The van der Waals surface area contributed by atoms with Crippen LogP contribution in [0.3, 0.4) is 0 Å². The number of rotatable bonds is 6. The molecule has 0 radical (unpaired) electrons. The van der Waals surface area contributed by atoms with Crippen LogP contribution >= 0.6 is 0 Å². The van der Waals surface area contributed by atoms with Crippen molar-refractivity contribution in [2.75, 3.05) is 0 Å². The molecule has 2 unspecified atom stereocenters. The van der Waals surface area contributed by atoms with Gasteiger partial charge in [0.05, 0.1) is 0 Å². The van der Waals surface area contributed by atoms with E-state index in [1.54, 1.807) is 0 Å². The largest absolute Gasteiger partial charge is 0.335 e. The van der Waals surface area contributed by atoms with Crippen LogP contribution in [0.1, 0.15) is 39.4 Å². The molecule has 0 bridgehead atoms. The zero-order valence-electron chi connectivity index (χ0n) is 10.1. The van der Waals surface area contributed by atoms with E-state index < -0.39 is 0 Å². The molecule has 0 aromatic carbocycles. The molecule has 0 spiro atoms. The summed E-state index contributed by atoms with van der Waals surface area (Å²) in [6.45, 7) is 7.54. The average Bonchev–Trinajstić information content (AvgIpc) is 2.65. The molecule has 3 nitrogen and oxygen atoms in total. The molecule has 1 aromatic heterocycles. The molecule has 2 N–H and O–H groups in total. The molecule has 15 heavy (non-hydrogen) atoms. The van der Waals surface area contributed by atoms with E-state index in [2.05, 4.69) is 30.3 Å². The highest BCUT2D eigenvalue weighted by atomic mass is 15.1. The monoisotopic (exact) mass is 209 g/mol. The number of nitrogens with two attached hydrogens (primary N) is 1. The molecule has 0 amide bonds. The number of hydrogen-bond acceptors (Lipinski definition) is 2. The van der Waals surface area contributed by atoms with E-state index in [0.29, 0.717) is 5.92 Å². The molecule has 1 heterocycles. The first-order valence-electron chi connectivity index (χ1n) is 5.94. The Balaban J connectivity index is 2.53. The Morgan fingerprint density at radius 2 is 2.20 bits per heavy atom. The Bertz CT molecular complexity index is 280. The summed E-state index contributed by atoms with van der Waals surface area (Å²) in [5, 5.41) is 0. The van der Waals surface area contributed by atoms with Crippen LogP contribution in [0.2, 0.25) is 0 Å². The molecular formula is C12H23N3. The van der Waals surface area contributed by atoms with Crippen LogP contribution in [0.4, 0.5) is 0 Å². The van der Waals surface area contributed by atoms with Gasteiger partial charge in [-0.1, -0.05) is 20.3 Å². The maximum absolute atomic E-state index is 6.16. The minimum atomic E-state index is 0.234. The van der Waals surface area contributed by atoms with Gasteiger partial charge in [0.25, 0.3) is 0 Å².